The Morgan fingerprint density at radius 3 is 2.79 bits per heavy atom. The number of nitro benzene ring substituents is 1. The van der Waals surface area contributed by atoms with E-state index in [9.17, 15) is 10.1 Å². The average molecular weight is 213 g/mol. The van der Waals surface area contributed by atoms with Crippen LogP contribution in [0.3, 0.4) is 0 Å². The van der Waals surface area contributed by atoms with E-state index >= 15 is 0 Å². The number of nitrogens with one attached hydrogen (secondary N) is 1. The zero-order chi connectivity index (χ0) is 10.1. The van der Waals surface area contributed by atoms with Gasteiger partial charge in [-0.25, -0.2) is 0 Å². The van der Waals surface area contributed by atoms with Crippen LogP contribution in [0.5, 0.6) is 0 Å². The summed E-state index contributed by atoms with van der Waals surface area (Å²) in [5.41, 5.74) is 0.723. The Morgan fingerprint density at radius 2 is 2.21 bits per heavy atom. The topological polar surface area (TPSA) is 55.2 Å². The van der Waals surface area contributed by atoms with E-state index in [0.717, 1.165) is 12.8 Å². The van der Waals surface area contributed by atoms with Crippen molar-refractivity contribution >= 4 is 23.0 Å². The molecule has 1 aliphatic rings. The van der Waals surface area contributed by atoms with Crippen molar-refractivity contribution in [3.05, 3.63) is 33.3 Å². The molecule has 74 valence electrons. The summed E-state index contributed by atoms with van der Waals surface area (Å²) in [6.07, 6.45) is 2.22. The minimum absolute atomic E-state index is 0.0672. The van der Waals surface area contributed by atoms with Gasteiger partial charge in [-0.3, -0.25) is 10.1 Å². The number of nitro groups is 1. The molecule has 0 aromatic heterocycles. The molecule has 0 radical (unpaired) electrons. The van der Waals surface area contributed by atoms with Crippen LogP contribution < -0.4 is 5.32 Å². The molecule has 1 fully saturated rings. The SMILES string of the molecule is O=[N+]([O-])c1ccc(Cl)c(NC2CC2)c1. The predicted molar refractivity (Wildman–Crippen MR) is 54.8 cm³/mol. The summed E-state index contributed by atoms with van der Waals surface area (Å²) in [7, 11) is 0. The first kappa shape index (κ1) is 9.27. The molecule has 0 aliphatic heterocycles. The van der Waals surface area contributed by atoms with Crippen molar-refractivity contribution in [1.29, 1.82) is 0 Å². The van der Waals surface area contributed by atoms with Gasteiger partial charge in [0.25, 0.3) is 5.69 Å². The van der Waals surface area contributed by atoms with Gasteiger partial charge in [-0.05, 0) is 18.9 Å². The number of non-ortho nitro benzene ring substituents is 1. The predicted octanol–water partition coefficient (Wildman–Crippen LogP) is 2.82. The molecule has 14 heavy (non-hydrogen) atoms. The van der Waals surface area contributed by atoms with Crippen molar-refractivity contribution < 1.29 is 4.92 Å². The summed E-state index contributed by atoms with van der Waals surface area (Å²) < 4.78 is 0. The third-order valence-corrected chi connectivity index (χ3v) is 2.43. The quantitative estimate of drug-likeness (QED) is 0.619. The van der Waals surface area contributed by atoms with Crippen molar-refractivity contribution in [3.8, 4) is 0 Å². The highest BCUT2D eigenvalue weighted by molar-refractivity contribution is 6.33. The molecule has 0 heterocycles. The summed E-state index contributed by atoms with van der Waals surface area (Å²) in [5.74, 6) is 0. The van der Waals surface area contributed by atoms with E-state index in [4.69, 9.17) is 11.6 Å². The zero-order valence-electron chi connectivity index (χ0n) is 7.37. The van der Waals surface area contributed by atoms with E-state index in [-0.39, 0.29) is 5.69 Å². The average Bonchev–Trinajstić information content (AvgIpc) is 2.92. The lowest BCUT2D eigenvalue weighted by atomic mass is 10.3. The van der Waals surface area contributed by atoms with Gasteiger partial charge in [0.1, 0.15) is 0 Å². The number of halogens is 1. The minimum atomic E-state index is -0.422. The van der Waals surface area contributed by atoms with Crippen LogP contribution in [0.15, 0.2) is 18.2 Å². The van der Waals surface area contributed by atoms with Crippen molar-refractivity contribution in [2.45, 2.75) is 18.9 Å². The van der Waals surface area contributed by atoms with Crippen LogP contribution in [-0.2, 0) is 0 Å². The summed E-state index contributed by atoms with van der Waals surface area (Å²) in [5, 5.41) is 14.2. The van der Waals surface area contributed by atoms with Gasteiger partial charge in [0, 0.05) is 18.2 Å². The molecule has 5 heteroatoms. The molecule has 4 nitrogen and oxygen atoms in total. The molecule has 0 unspecified atom stereocenters. The molecule has 0 saturated heterocycles. The molecule has 2 rings (SSSR count). The fraction of sp³-hybridized carbons (Fsp3) is 0.333. The van der Waals surface area contributed by atoms with E-state index in [1.165, 1.54) is 12.1 Å². The molecule has 1 saturated carbocycles. The second-order valence-electron chi connectivity index (χ2n) is 3.34. The lowest BCUT2D eigenvalue weighted by molar-refractivity contribution is -0.384. The van der Waals surface area contributed by atoms with Crippen LogP contribution in [0, 0.1) is 10.1 Å². The van der Waals surface area contributed by atoms with Crippen molar-refractivity contribution in [2.24, 2.45) is 0 Å². The standard InChI is InChI=1S/C9H9ClN2O2/c10-8-4-3-7(12(13)14)5-9(8)11-6-1-2-6/h3-6,11H,1-2H2. The zero-order valence-corrected chi connectivity index (χ0v) is 8.12. The maximum Gasteiger partial charge on any atom is 0.271 e. The Labute approximate surface area is 86.0 Å². The van der Waals surface area contributed by atoms with Crippen LogP contribution in [0.2, 0.25) is 5.02 Å². The number of hydrogen-bond acceptors (Lipinski definition) is 3. The third-order valence-electron chi connectivity index (χ3n) is 2.10. The van der Waals surface area contributed by atoms with Gasteiger partial charge in [-0.1, -0.05) is 11.6 Å². The molecule has 1 aromatic rings. The molecular weight excluding hydrogens is 204 g/mol. The number of hydrogen-bond donors (Lipinski definition) is 1. The highest BCUT2D eigenvalue weighted by atomic mass is 35.5. The molecule has 1 aliphatic carbocycles. The summed E-state index contributed by atoms with van der Waals surface area (Å²) >= 11 is 5.89. The van der Waals surface area contributed by atoms with E-state index in [1.54, 1.807) is 6.07 Å². The van der Waals surface area contributed by atoms with Gasteiger partial charge in [-0.2, -0.15) is 0 Å². The van der Waals surface area contributed by atoms with Gasteiger partial charge in [-0.15, -0.1) is 0 Å². The van der Waals surface area contributed by atoms with Crippen molar-refractivity contribution in [2.75, 3.05) is 5.32 Å². The second-order valence-corrected chi connectivity index (χ2v) is 3.75. The molecule has 1 aromatic carbocycles. The Morgan fingerprint density at radius 1 is 1.50 bits per heavy atom. The normalized spacial score (nSPS) is 15.2. The summed E-state index contributed by atoms with van der Waals surface area (Å²) in [4.78, 5) is 10.1. The van der Waals surface area contributed by atoms with Gasteiger partial charge >= 0.3 is 0 Å². The Hall–Kier alpha value is -1.29. The van der Waals surface area contributed by atoms with E-state index in [1.807, 2.05) is 0 Å². The highest BCUT2D eigenvalue weighted by Gasteiger charge is 2.22. The Kier molecular flexibility index (Phi) is 2.29. The van der Waals surface area contributed by atoms with Crippen LogP contribution in [0.1, 0.15) is 12.8 Å². The van der Waals surface area contributed by atoms with Gasteiger partial charge in [0.05, 0.1) is 15.6 Å². The molecule has 0 spiro atoms. The van der Waals surface area contributed by atoms with E-state index < -0.39 is 4.92 Å². The number of nitrogens with zero attached hydrogens (tertiary/aromatic N) is 1. The lowest BCUT2D eigenvalue weighted by Gasteiger charge is -2.05. The van der Waals surface area contributed by atoms with Gasteiger partial charge in [0.15, 0.2) is 0 Å². The second kappa shape index (κ2) is 3.46. The van der Waals surface area contributed by atoms with E-state index in [0.29, 0.717) is 16.8 Å². The molecule has 0 atom stereocenters. The molecule has 0 amide bonds. The Bertz CT molecular complexity index is 377. The van der Waals surface area contributed by atoms with Gasteiger partial charge < -0.3 is 5.32 Å². The number of benzene rings is 1. The van der Waals surface area contributed by atoms with Crippen LogP contribution >= 0.6 is 11.6 Å². The Balaban J connectivity index is 2.26. The smallest absolute Gasteiger partial charge is 0.271 e. The van der Waals surface area contributed by atoms with Crippen LogP contribution in [0.25, 0.3) is 0 Å². The monoisotopic (exact) mass is 212 g/mol. The summed E-state index contributed by atoms with van der Waals surface area (Å²) in [6, 6.07) is 4.86. The fourth-order valence-electron chi connectivity index (χ4n) is 1.19. The summed E-state index contributed by atoms with van der Waals surface area (Å²) in [6.45, 7) is 0. The fourth-order valence-corrected chi connectivity index (χ4v) is 1.36. The molecule has 0 bridgehead atoms. The van der Waals surface area contributed by atoms with Crippen LogP contribution in [0.4, 0.5) is 11.4 Å². The highest BCUT2D eigenvalue weighted by Crippen LogP contribution is 2.31. The first-order valence-corrected chi connectivity index (χ1v) is 4.75. The van der Waals surface area contributed by atoms with Gasteiger partial charge in [0.2, 0.25) is 0 Å². The first-order chi connectivity index (χ1) is 6.66. The third kappa shape index (κ3) is 1.96. The van der Waals surface area contributed by atoms with Crippen molar-refractivity contribution in [1.82, 2.24) is 0 Å². The minimum Gasteiger partial charge on any atom is -0.381 e. The number of anilines is 1. The molecular formula is C9H9ClN2O2. The largest absolute Gasteiger partial charge is 0.381 e. The first-order valence-electron chi connectivity index (χ1n) is 4.37. The maximum absolute atomic E-state index is 10.5. The van der Waals surface area contributed by atoms with Crippen LogP contribution in [-0.4, -0.2) is 11.0 Å². The van der Waals surface area contributed by atoms with Crippen molar-refractivity contribution in [3.63, 3.8) is 0 Å². The number of rotatable bonds is 3. The lowest BCUT2D eigenvalue weighted by Crippen LogP contribution is -2.01. The maximum atomic E-state index is 10.5. The van der Waals surface area contributed by atoms with E-state index in [2.05, 4.69) is 5.32 Å². The molecule has 1 N–H and O–H groups in total.